The Morgan fingerprint density at radius 1 is 1.28 bits per heavy atom. The van der Waals surface area contributed by atoms with Crippen molar-refractivity contribution in [3.8, 4) is 0 Å². The lowest BCUT2D eigenvalue weighted by Gasteiger charge is -2.33. The smallest absolute Gasteiger partial charge is 0.227 e. The van der Waals surface area contributed by atoms with Crippen LogP contribution in [0.3, 0.4) is 0 Å². The standard InChI is InChI=1S/C18H23N5O2/c1-12-9-16-19-6-3-15(23(16)20-12)13-4-7-22(8-5-13)18(25)14-10-17(24)21(2)11-14/h3,6,9,13-14H,4-5,7-8,10-11H2,1-2H3. The Hall–Kier alpha value is -2.44. The lowest BCUT2D eigenvalue weighted by molar-refractivity contribution is -0.136. The van der Waals surface area contributed by atoms with Gasteiger partial charge in [0.2, 0.25) is 11.8 Å². The van der Waals surface area contributed by atoms with E-state index in [1.165, 1.54) is 5.69 Å². The number of amides is 2. The number of fused-ring (bicyclic) bond motifs is 1. The van der Waals surface area contributed by atoms with E-state index in [4.69, 9.17) is 0 Å². The van der Waals surface area contributed by atoms with Gasteiger partial charge in [-0.15, -0.1) is 0 Å². The molecular weight excluding hydrogens is 318 g/mol. The van der Waals surface area contributed by atoms with Crippen molar-refractivity contribution in [2.45, 2.75) is 32.1 Å². The minimum atomic E-state index is -0.171. The molecule has 4 heterocycles. The monoisotopic (exact) mass is 341 g/mol. The van der Waals surface area contributed by atoms with Gasteiger partial charge in [0.1, 0.15) is 0 Å². The van der Waals surface area contributed by atoms with Gasteiger partial charge < -0.3 is 9.80 Å². The van der Waals surface area contributed by atoms with Gasteiger partial charge in [0.05, 0.1) is 11.6 Å². The highest BCUT2D eigenvalue weighted by molar-refractivity contribution is 5.89. The largest absolute Gasteiger partial charge is 0.345 e. The zero-order chi connectivity index (χ0) is 17.6. The molecule has 1 atom stereocenters. The van der Waals surface area contributed by atoms with Crippen LogP contribution < -0.4 is 0 Å². The molecule has 4 rings (SSSR count). The summed E-state index contributed by atoms with van der Waals surface area (Å²) in [6.07, 6.45) is 4.02. The van der Waals surface area contributed by atoms with Gasteiger partial charge in [0, 0.05) is 57.0 Å². The molecular formula is C18H23N5O2. The molecule has 0 saturated carbocycles. The first-order chi connectivity index (χ1) is 12.0. The Kier molecular flexibility index (Phi) is 3.94. The van der Waals surface area contributed by atoms with E-state index >= 15 is 0 Å². The van der Waals surface area contributed by atoms with Crippen molar-refractivity contribution in [3.63, 3.8) is 0 Å². The predicted octanol–water partition coefficient (Wildman–Crippen LogP) is 1.22. The first-order valence-corrected chi connectivity index (χ1v) is 8.87. The molecule has 7 nitrogen and oxygen atoms in total. The minimum absolute atomic E-state index is 0.0708. The van der Waals surface area contributed by atoms with Gasteiger partial charge in [-0.3, -0.25) is 9.59 Å². The van der Waals surface area contributed by atoms with Crippen LogP contribution in [0.2, 0.25) is 0 Å². The van der Waals surface area contributed by atoms with Gasteiger partial charge >= 0.3 is 0 Å². The highest BCUT2D eigenvalue weighted by atomic mass is 16.2. The number of likely N-dealkylation sites (tertiary alicyclic amines) is 2. The summed E-state index contributed by atoms with van der Waals surface area (Å²) in [5.74, 6) is 0.407. The Balaban J connectivity index is 1.44. The number of aromatic nitrogens is 3. The molecule has 2 aromatic heterocycles. The number of hydrogen-bond donors (Lipinski definition) is 0. The fourth-order valence-corrected chi connectivity index (χ4v) is 4.02. The van der Waals surface area contributed by atoms with E-state index < -0.39 is 0 Å². The van der Waals surface area contributed by atoms with E-state index in [-0.39, 0.29) is 17.7 Å². The van der Waals surface area contributed by atoms with Gasteiger partial charge in [-0.2, -0.15) is 5.10 Å². The first-order valence-electron chi connectivity index (χ1n) is 8.87. The van der Waals surface area contributed by atoms with Crippen molar-refractivity contribution in [2.24, 2.45) is 5.92 Å². The van der Waals surface area contributed by atoms with E-state index in [0.29, 0.717) is 18.9 Å². The molecule has 0 radical (unpaired) electrons. The summed E-state index contributed by atoms with van der Waals surface area (Å²) in [7, 11) is 1.77. The molecule has 25 heavy (non-hydrogen) atoms. The SMILES string of the molecule is Cc1cc2nccc(C3CCN(C(=O)C4CC(=O)N(C)C4)CC3)n2n1. The third-order valence-corrected chi connectivity index (χ3v) is 5.42. The van der Waals surface area contributed by atoms with Crippen LogP contribution in [0, 0.1) is 12.8 Å². The third kappa shape index (κ3) is 2.88. The molecule has 2 amide bonds. The summed E-state index contributed by atoms with van der Waals surface area (Å²) in [5.41, 5.74) is 3.00. The Bertz CT molecular complexity index is 822. The maximum absolute atomic E-state index is 12.7. The van der Waals surface area contributed by atoms with Crippen LogP contribution in [-0.2, 0) is 9.59 Å². The van der Waals surface area contributed by atoms with E-state index in [9.17, 15) is 9.59 Å². The average molecular weight is 341 g/mol. The Labute approximate surface area is 146 Å². The van der Waals surface area contributed by atoms with E-state index in [1.807, 2.05) is 34.7 Å². The minimum Gasteiger partial charge on any atom is -0.345 e. The fourth-order valence-electron chi connectivity index (χ4n) is 4.02. The van der Waals surface area contributed by atoms with Crippen LogP contribution >= 0.6 is 0 Å². The predicted molar refractivity (Wildman–Crippen MR) is 92.0 cm³/mol. The summed E-state index contributed by atoms with van der Waals surface area (Å²) < 4.78 is 1.93. The third-order valence-electron chi connectivity index (χ3n) is 5.42. The summed E-state index contributed by atoms with van der Waals surface area (Å²) in [6, 6.07) is 4.02. The molecule has 2 aromatic rings. The van der Waals surface area contributed by atoms with Crippen molar-refractivity contribution < 1.29 is 9.59 Å². The normalized spacial score (nSPS) is 22.2. The van der Waals surface area contributed by atoms with Crippen molar-refractivity contribution in [1.29, 1.82) is 0 Å². The van der Waals surface area contributed by atoms with Gasteiger partial charge in [0.25, 0.3) is 0 Å². The highest BCUT2D eigenvalue weighted by Gasteiger charge is 2.36. The van der Waals surface area contributed by atoms with Crippen LogP contribution in [0.1, 0.15) is 36.6 Å². The lowest BCUT2D eigenvalue weighted by atomic mass is 9.92. The van der Waals surface area contributed by atoms with Gasteiger partial charge in [0.15, 0.2) is 5.65 Å². The van der Waals surface area contributed by atoms with Crippen molar-refractivity contribution in [2.75, 3.05) is 26.7 Å². The fraction of sp³-hybridized carbons (Fsp3) is 0.556. The average Bonchev–Trinajstić information content (AvgIpc) is 3.15. The quantitative estimate of drug-likeness (QED) is 0.823. The maximum Gasteiger partial charge on any atom is 0.227 e. The molecule has 132 valence electrons. The Morgan fingerprint density at radius 3 is 2.72 bits per heavy atom. The van der Waals surface area contributed by atoms with Crippen LogP contribution in [-0.4, -0.2) is 62.9 Å². The molecule has 2 fully saturated rings. The van der Waals surface area contributed by atoms with Crippen LogP contribution in [0.4, 0.5) is 0 Å². The molecule has 0 bridgehead atoms. The van der Waals surface area contributed by atoms with Crippen molar-refractivity contribution in [1.82, 2.24) is 24.4 Å². The van der Waals surface area contributed by atoms with Crippen molar-refractivity contribution in [3.05, 3.63) is 29.7 Å². The molecule has 0 spiro atoms. The topological polar surface area (TPSA) is 70.8 Å². The number of piperidine rings is 1. The number of rotatable bonds is 2. The second-order valence-corrected chi connectivity index (χ2v) is 7.20. The molecule has 1 unspecified atom stereocenters. The summed E-state index contributed by atoms with van der Waals surface area (Å²) >= 11 is 0. The first kappa shape index (κ1) is 16.1. The number of hydrogen-bond acceptors (Lipinski definition) is 4. The second-order valence-electron chi connectivity index (χ2n) is 7.20. The molecule has 0 aromatic carbocycles. The Morgan fingerprint density at radius 2 is 2.04 bits per heavy atom. The summed E-state index contributed by atoms with van der Waals surface area (Å²) in [6.45, 7) is 4.00. The van der Waals surface area contributed by atoms with Gasteiger partial charge in [-0.1, -0.05) is 0 Å². The van der Waals surface area contributed by atoms with Crippen LogP contribution in [0.5, 0.6) is 0 Å². The molecule has 2 aliphatic heterocycles. The summed E-state index contributed by atoms with van der Waals surface area (Å²) in [5, 5.41) is 4.55. The molecule has 0 aliphatic carbocycles. The number of carbonyl (C=O) groups is 2. The number of aryl methyl sites for hydroxylation is 1. The number of carbonyl (C=O) groups excluding carboxylic acids is 2. The summed E-state index contributed by atoms with van der Waals surface area (Å²) in [4.78, 5) is 32.3. The molecule has 2 saturated heterocycles. The van der Waals surface area contributed by atoms with E-state index in [0.717, 1.165) is 37.3 Å². The second kappa shape index (κ2) is 6.13. The van der Waals surface area contributed by atoms with E-state index in [2.05, 4.69) is 10.1 Å². The zero-order valence-corrected chi connectivity index (χ0v) is 14.7. The number of nitrogens with zero attached hydrogens (tertiary/aromatic N) is 5. The molecule has 0 N–H and O–H groups in total. The van der Waals surface area contributed by atoms with Crippen molar-refractivity contribution >= 4 is 17.5 Å². The molecule has 2 aliphatic rings. The lowest BCUT2D eigenvalue weighted by Crippen LogP contribution is -2.42. The van der Waals surface area contributed by atoms with Crippen LogP contribution in [0.15, 0.2) is 18.3 Å². The van der Waals surface area contributed by atoms with Gasteiger partial charge in [-0.25, -0.2) is 9.50 Å². The maximum atomic E-state index is 12.7. The van der Waals surface area contributed by atoms with E-state index in [1.54, 1.807) is 11.9 Å². The van der Waals surface area contributed by atoms with Gasteiger partial charge in [-0.05, 0) is 25.8 Å². The zero-order valence-electron chi connectivity index (χ0n) is 14.7. The molecule has 7 heteroatoms. The highest BCUT2D eigenvalue weighted by Crippen LogP contribution is 2.29. The van der Waals surface area contributed by atoms with Crippen LogP contribution in [0.25, 0.3) is 5.65 Å².